The topological polar surface area (TPSA) is 103 Å². The molecule has 2 atom stereocenters. The third-order valence-electron chi connectivity index (χ3n) is 4.16. The highest BCUT2D eigenvalue weighted by atomic mass is 32.1. The van der Waals surface area contributed by atoms with Crippen LogP contribution >= 0.6 is 11.3 Å². The number of benzene rings is 1. The molecule has 2 aromatic rings. The number of aromatic nitrogens is 1. The quantitative estimate of drug-likeness (QED) is 0.889. The number of nitrogens with one attached hydrogen (secondary N) is 1. The lowest BCUT2D eigenvalue weighted by Gasteiger charge is -2.08. The van der Waals surface area contributed by atoms with E-state index in [0.29, 0.717) is 35.0 Å². The maximum Gasteiger partial charge on any atom is 0.306 e. The molecule has 1 aromatic heterocycles. The summed E-state index contributed by atoms with van der Waals surface area (Å²) in [5.41, 5.74) is 1.37. The van der Waals surface area contributed by atoms with E-state index >= 15 is 0 Å². The minimum Gasteiger partial charge on any atom is -0.481 e. The number of hydrogen-bond donors (Lipinski definition) is 2. The van der Waals surface area contributed by atoms with Gasteiger partial charge in [0.15, 0.2) is 5.13 Å². The van der Waals surface area contributed by atoms with Crippen LogP contribution in [0.3, 0.4) is 0 Å². The van der Waals surface area contributed by atoms with Crippen molar-refractivity contribution >= 4 is 28.3 Å². The molecule has 1 heterocycles. The molecule has 122 valence electrons. The first-order valence-electron chi connectivity index (χ1n) is 7.58. The van der Waals surface area contributed by atoms with E-state index < -0.39 is 11.9 Å². The van der Waals surface area contributed by atoms with Gasteiger partial charge in [0.25, 0.3) is 0 Å². The van der Waals surface area contributed by atoms with E-state index in [9.17, 15) is 14.9 Å². The predicted molar refractivity (Wildman–Crippen MR) is 89.4 cm³/mol. The first-order chi connectivity index (χ1) is 11.6. The van der Waals surface area contributed by atoms with Crippen molar-refractivity contribution < 1.29 is 14.7 Å². The number of carbonyl (C=O) groups is 2. The molecule has 0 radical (unpaired) electrons. The lowest BCUT2D eigenvalue weighted by molar-refractivity contribution is -0.141. The number of carbonyl (C=O) groups excluding carboxylic acids is 1. The van der Waals surface area contributed by atoms with E-state index in [-0.39, 0.29) is 11.8 Å². The number of nitrogens with zero attached hydrogens (tertiary/aromatic N) is 2. The van der Waals surface area contributed by atoms with Crippen LogP contribution in [-0.4, -0.2) is 22.0 Å². The maximum absolute atomic E-state index is 12.3. The van der Waals surface area contributed by atoms with Crippen LogP contribution < -0.4 is 5.32 Å². The molecular formula is C17H15N3O3S. The molecule has 0 bridgehead atoms. The first kappa shape index (κ1) is 16.1. The van der Waals surface area contributed by atoms with Gasteiger partial charge < -0.3 is 10.4 Å². The van der Waals surface area contributed by atoms with Crippen LogP contribution in [0, 0.1) is 23.2 Å². The summed E-state index contributed by atoms with van der Waals surface area (Å²) in [5.74, 6) is -1.85. The third-order valence-corrected chi connectivity index (χ3v) is 5.03. The summed E-state index contributed by atoms with van der Waals surface area (Å²) < 4.78 is 0. The largest absolute Gasteiger partial charge is 0.481 e. The average Bonchev–Trinajstić information content (AvgIpc) is 3.22. The molecule has 1 saturated carbocycles. The predicted octanol–water partition coefficient (Wildman–Crippen LogP) is 3.12. The minimum atomic E-state index is -0.849. The number of aliphatic carboxylic acids is 1. The molecule has 6 nitrogen and oxygen atoms in total. The van der Waals surface area contributed by atoms with Crippen molar-refractivity contribution in [3.8, 4) is 17.3 Å². The molecule has 7 heteroatoms. The zero-order valence-electron chi connectivity index (χ0n) is 12.7. The van der Waals surface area contributed by atoms with Crippen LogP contribution in [0.4, 0.5) is 5.13 Å². The van der Waals surface area contributed by atoms with E-state index in [2.05, 4.69) is 16.4 Å². The summed E-state index contributed by atoms with van der Waals surface area (Å²) in [4.78, 5) is 28.1. The number of hydrogen-bond acceptors (Lipinski definition) is 5. The smallest absolute Gasteiger partial charge is 0.306 e. The zero-order chi connectivity index (χ0) is 17.1. The first-order valence-corrected chi connectivity index (χ1v) is 8.40. The fourth-order valence-electron chi connectivity index (χ4n) is 2.89. The standard InChI is InChI=1S/C17H15N3O3S/c18-9-13-14(10-4-2-1-3-5-10)19-17(24-13)20-15(21)11-6-7-12(8-11)16(22)23/h1-5,11-12H,6-8H2,(H,22,23)(H,19,20,21)/t11-,12+/m0/s1. The summed E-state index contributed by atoms with van der Waals surface area (Å²) >= 11 is 1.13. The Morgan fingerprint density at radius 3 is 2.58 bits per heavy atom. The number of amides is 1. The highest BCUT2D eigenvalue weighted by molar-refractivity contribution is 7.16. The van der Waals surface area contributed by atoms with Gasteiger partial charge in [0, 0.05) is 11.5 Å². The fourth-order valence-corrected chi connectivity index (χ4v) is 3.68. The molecule has 1 aromatic carbocycles. The Kier molecular flexibility index (Phi) is 4.58. The summed E-state index contributed by atoms with van der Waals surface area (Å²) in [6, 6.07) is 11.4. The molecule has 1 aliphatic rings. The molecule has 3 rings (SSSR count). The number of thiazole rings is 1. The molecule has 2 N–H and O–H groups in total. The summed E-state index contributed by atoms with van der Waals surface area (Å²) in [6.45, 7) is 0. The molecule has 0 unspecified atom stereocenters. The van der Waals surface area contributed by atoms with Crippen molar-refractivity contribution in [1.29, 1.82) is 5.26 Å². The molecule has 0 spiro atoms. The number of carboxylic acid groups (broad SMARTS) is 1. The van der Waals surface area contributed by atoms with E-state index in [4.69, 9.17) is 5.11 Å². The van der Waals surface area contributed by atoms with Crippen LogP contribution in [0.25, 0.3) is 11.3 Å². The molecule has 24 heavy (non-hydrogen) atoms. The molecule has 0 aliphatic heterocycles. The second-order valence-corrected chi connectivity index (χ2v) is 6.71. The summed E-state index contributed by atoms with van der Waals surface area (Å²) in [7, 11) is 0. The van der Waals surface area contributed by atoms with Gasteiger partial charge in [-0.1, -0.05) is 41.7 Å². The number of carboxylic acids is 1. The van der Waals surface area contributed by atoms with Crippen LogP contribution in [-0.2, 0) is 9.59 Å². The van der Waals surface area contributed by atoms with E-state index in [1.165, 1.54) is 0 Å². The van der Waals surface area contributed by atoms with Crippen molar-refractivity contribution in [3.63, 3.8) is 0 Å². The average molecular weight is 341 g/mol. The van der Waals surface area contributed by atoms with Gasteiger partial charge in [0.2, 0.25) is 5.91 Å². The van der Waals surface area contributed by atoms with Gasteiger partial charge in [-0.15, -0.1) is 0 Å². The Balaban J connectivity index is 1.75. The van der Waals surface area contributed by atoms with Crippen LogP contribution in [0.15, 0.2) is 30.3 Å². The Labute approximate surface area is 142 Å². The van der Waals surface area contributed by atoms with Gasteiger partial charge in [-0.05, 0) is 19.3 Å². The highest BCUT2D eigenvalue weighted by Crippen LogP contribution is 2.34. The van der Waals surface area contributed by atoms with Gasteiger partial charge in [0.05, 0.1) is 5.92 Å². The van der Waals surface area contributed by atoms with Crippen molar-refractivity contribution in [2.75, 3.05) is 5.32 Å². The van der Waals surface area contributed by atoms with Gasteiger partial charge in [-0.3, -0.25) is 9.59 Å². The van der Waals surface area contributed by atoms with Gasteiger partial charge in [0.1, 0.15) is 16.6 Å². The van der Waals surface area contributed by atoms with Gasteiger partial charge >= 0.3 is 5.97 Å². The van der Waals surface area contributed by atoms with Gasteiger partial charge in [-0.25, -0.2) is 4.98 Å². The highest BCUT2D eigenvalue weighted by Gasteiger charge is 2.34. The van der Waals surface area contributed by atoms with Crippen LogP contribution in [0.2, 0.25) is 0 Å². The maximum atomic E-state index is 12.3. The van der Waals surface area contributed by atoms with E-state index in [1.807, 2.05) is 30.3 Å². The van der Waals surface area contributed by atoms with Crippen LogP contribution in [0.1, 0.15) is 24.1 Å². The van der Waals surface area contributed by atoms with Gasteiger partial charge in [-0.2, -0.15) is 5.26 Å². The Bertz CT molecular complexity index is 810. The molecule has 1 aliphatic carbocycles. The normalized spacial score (nSPS) is 19.6. The Morgan fingerprint density at radius 1 is 1.25 bits per heavy atom. The molecular weight excluding hydrogens is 326 g/mol. The summed E-state index contributed by atoms with van der Waals surface area (Å²) in [6.07, 6.45) is 1.43. The van der Waals surface area contributed by atoms with Crippen molar-refractivity contribution in [2.24, 2.45) is 11.8 Å². The van der Waals surface area contributed by atoms with Crippen LogP contribution in [0.5, 0.6) is 0 Å². The Hall–Kier alpha value is -2.72. The van der Waals surface area contributed by atoms with Crippen molar-refractivity contribution in [3.05, 3.63) is 35.2 Å². The molecule has 1 fully saturated rings. The SMILES string of the molecule is N#Cc1sc(NC(=O)[C@H]2CC[C@@H](C(=O)O)C2)nc1-c1ccccc1. The zero-order valence-corrected chi connectivity index (χ0v) is 13.5. The summed E-state index contributed by atoms with van der Waals surface area (Å²) in [5, 5.41) is 21.4. The third kappa shape index (κ3) is 3.29. The second-order valence-electron chi connectivity index (χ2n) is 5.71. The fraction of sp³-hybridized carbons (Fsp3) is 0.294. The van der Waals surface area contributed by atoms with Crippen molar-refractivity contribution in [1.82, 2.24) is 4.98 Å². The van der Waals surface area contributed by atoms with E-state index in [0.717, 1.165) is 16.9 Å². The number of anilines is 1. The lowest BCUT2D eigenvalue weighted by Crippen LogP contribution is -2.21. The van der Waals surface area contributed by atoms with Crippen molar-refractivity contribution in [2.45, 2.75) is 19.3 Å². The molecule has 1 amide bonds. The number of rotatable bonds is 4. The molecule has 0 saturated heterocycles. The second kappa shape index (κ2) is 6.81. The van der Waals surface area contributed by atoms with E-state index in [1.54, 1.807) is 0 Å². The number of nitriles is 1. The minimum absolute atomic E-state index is 0.225. The Morgan fingerprint density at radius 2 is 1.96 bits per heavy atom. The monoisotopic (exact) mass is 341 g/mol. The lowest BCUT2D eigenvalue weighted by atomic mass is 10.0.